The van der Waals surface area contributed by atoms with E-state index < -0.39 is 0 Å². The molecule has 1 nitrogen and oxygen atoms in total. The molecule has 0 aromatic carbocycles. The lowest BCUT2D eigenvalue weighted by Crippen LogP contribution is -2.50. The fraction of sp³-hybridized carbons (Fsp3) is 0.857. The van der Waals surface area contributed by atoms with E-state index in [1.165, 1.54) is 76.9 Å². The van der Waals surface area contributed by atoms with Crippen LogP contribution in [-0.2, 0) is 0 Å². The zero-order valence-electron chi connectivity index (χ0n) is 19.8. The van der Waals surface area contributed by atoms with Crippen molar-refractivity contribution in [3.63, 3.8) is 0 Å². The van der Waals surface area contributed by atoms with Crippen molar-refractivity contribution < 1.29 is 5.11 Å². The van der Waals surface area contributed by atoms with E-state index in [1.807, 2.05) is 5.57 Å². The number of hydrogen-bond donors (Lipinski definition) is 1. The van der Waals surface area contributed by atoms with Crippen LogP contribution in [0.25, 0.3) is 0 Å². The SMILES string of the molecule is CC(=CO)[C@@H](C)CC[C@@H](C)[C@H]1CC[C@H]2[C@@H]3CC=C4CCCC[C@]4(C)[C@H]3CC[C@]12C. The molecule has 0 spiro atoms. The van der Waals surface area contributed by atoms with Crippen LogP contribution in [0, 0.1) is 46.3 Å². The first-order valence-corrected chi connectivity index (χ1v) is 12.8. The lowest BCUT2D eigenvalue weighted by molar-refractivity contribution is -0.0501. The molecule has 0 saturated heterocycles. The van der Waals surface area contributed by atoms with Crippen LogP contribution in [0.1, 0.15) is 105 Å². The monoisotopic (exact) mass is 398 g/mol. The highest BCUT2D eigenvalue weighted by atomic mass is 16.2. The molecule has 0 radical (unpaired) electrons. The van der Waals surface area contributed by atoms with Gasteiger partial charge in [-0.3, -0.25) is 0 Å². The van der Waals surface area contributed by atoms with Crippen molar-refractivity contribution in [3.8, 4) is 0 Å². The number of rotatable bonds is 5. The van der Waals surface area contributed by atoms with Gasteiger partial charge in [-0.05, 0) is 123 Å². The van der Waals surface area contributed by atoms with Crippen molar-refractivity contribution in [2.75, 3.05) is 0 Å². The van der Waals surface area contributed by atoms with Crippen LogP contribution in [0.15, 0.2) is 23.5 Å². The second kappa shape index (κ2) is 8.08. The maximum Gasteiger partial charge on any atom is 0.0783 e. The Morgan fingerprint density at radius 3 is 2.66 bits per heavy atom. The third kappa shape index (κ3) is 3.53. The number of aliphatic hydroxyl groups is 1. The van der Waals surface area contributed by atoms with Crippen molar-refractivity contribution >= 4 is 0 Å². The second-order valence-corrected chi connectivity index (χ2v) is 12.0. The summed E-state index contributed by atoms with van der Waals surface area (Å²) in [7, 11) is 0. The Kier molecular flexibility index (Phi) is 6.00. The molecule has 4 rings (SSSR count). The van der Waals surface area contributed by atoms with Gasteiger partial charge in [-0.1, -0.05) is 45.8 Å². The highest BCUT2D eigenvalue weighted by Crippen LogP contribution is 2.67. The molecule has 4 aliphatic carbocycles. The van der Waals surface area contributed by atoms with Crippen molar-refractivity contribution in [3.05, 3.63) is 23.5 Å². The van der Waals surface area contributed by atoms with Crippen molar-refractivity contribution in [1.29, 1.82) is 0 Å². The largest absolute Gasteiger partial charge is 0.516 e. The lowest BCUT2D eigenvalue weighted by Gasteiger charge is -2.58. The van der Waals surface area contributed by atoms with Crippen molar-refractivity contribution in [1.82, 2.24) is 0 Å². The molecular formula is C28H46O. The van der Waals surface area contributed by atoms with Gasteiger partial charge < -0.3 is 5.11 Å². The molecular weight excluding hydrogens is 352 g/mol. The lowest BCUT2D eigenvalue weighted by atomic mass is 9.47. The summed E-state index contributed by atoms with van der Waals surface area (Å²) in [5.41, 5.74) is 4.09. The maximum absolute atomic E-state index is 9.32. The maximum atomic E-state index is 9.32. The first kappa shape index (κ1) is 21.5. The van der Waals surface area contributed by atoms with Gasteiger partial charge >= 0.3 is 0 Å². The van der Waals surface area contributed by atoms with Gasteiger partial charge in [0.2, 0.25) is 0 Å². The molecule has 1 heteroatoms. The Balaban J connectivity index is 1.47. The molecule has 0 unspecified atom stereocenters. The summed E-state index contributed by atoms with van der Waals surface area (Å²) >= 11 is 0. The topological polar surface area (TPSA) is 20.2 Å². The normalized spacial score (nSPS) is 44.3. The first-order valence-electron chi connectivity index (χ1n) is 12.8. The van der Waals surface area contributed by atoms with Crippen LogP contribution in [0.2, 0.25) is 0 Å². The fourth-order valence-corrected chi connectivity index (χ4v) is 8.74. The molecule has 29 heavy (non-hydrogen) atoms. The van der Waals surface area contributed by atoms with Crippen LogP contribution >= 0.6 is 0 Å². The fourth-order valence-electron chi connectivity index (χ4n) is 8.74. The zero-order chi connectivity index (χ0) is 20.8. The van der Waals surface area contributed by atoms with E-state index >= 15 is 0 Å². The third-order valence-corrected chi connectivity index (χ3v) is 10.8. The van der Waals surface area contributed by atoms with E-state index in [9.17, 15) is 5.11 Å². The Bertz CT molecular complexity index is 659. The number of allylic oxidation sites excluding steroid dienone is 3. The highest BCUT2D eigenvalue weighted by Gasteiger charge is 2.58. The van der Waals surface area contributed by atoms with Crippen LogP contribution in [0.4, 0.5) is 0 Å². The van der Waals surface area contributed by atoms with Gasteiger partial charge in [-0.15, -0.1) is 0 Å². The Hall–Kier alpha value is -0.720. The summed E-state index contributed by atoms with van der Waals surface area (Å²) in [6, 6.07) is 0. The van der Waals surface area contributed by atoms with Crippen LogP contribution in [0.3, 0.4) is 0 Å². The predicted molar refractivity (Wildman–Crippen MR) is 124 cm³/mol. The quantitative estimate of drug-likeness (QED) is 0.363. The molecule has 4 aliphatic rings. The molecule has 0 amide bonds. The van der Waals surface area contributed by atoms with Gasteiger partial charge in [-0.2, -0.15) is 0 Å². The van der Waals surface area contributed by atoms with Gasteiger partial charge in [0.25, 0.3) is 0 Å². The van der Waals surface area contributed by atoms with E-state index in [0.29, 0.717) is 16.7 Å². The number of fused-ring (bicyclic) bond motifs is 5. The Morgan fingerprint density at radius 1 is 1.10 bits per heavy atom. The van der Waals surface area contributed by atoms with Gasteiger partial charge in [0.15, 0.2) is 0 Å². The molecule has 0 heterocycles. The third-order valence-electron chi connectivity index (χ3n) is 10.8. The van der Waals surface area contributed by atoms with E-state index in [1.54, 1.807) is 0 Å². The summed E-state index contributed by atoms with van der Waals surface area (Å²) in [5, 5.41) is 9.32. The van der Waals surface area contributed by atoms with Crippen molar-refractivity contribution in [2.45, 2.75) is 105 Å². The number of hydrogen-bond acceptors (Lipinski definition) is 1. The Labute approximate surface area is 180 Å². The molecule has 8 atom stereocenters. The second-order valence-electron chi connectivity index (χ2n) is 12.0. The standard InChI is InChI=1S/C28H46O/c1-19(21(3)18-29)9-10-20(2)24-13-14-25-23-12-11-22-8-6-7-16-27(22,4)26(23)15-17-28(24,25)5/h11,18-20,23-26,29H,6-10,12-17H2,1-5H3/t19-,20+,23-,24+,25-,26-,27-,28+/m0/s1. The smallest absolute Gasteiger partial charge is 0.0783 e. The van der Waals surface area contributed by atoms with E-state index in [2.05, 4.69) is 40.7 Å². The molecule has 0 aromatic heterocycles. The Morgan fingerprint density at radius 2 is 1.90 bits per heavy atom. The molecule has 0 aliphatic heterocycles. The molecule has 3 fully saturated rings. The molecule has 0 bridgehead atoms. The first-order chi connectivity index (χ1) is 13.8. The minimum atomic E-state index is 0.511. The van der Waals surface area contributed by atoms with E-state index in [0.717, 1.165) is 35.2 Å². The van der Waals surface area contributed by atoms with Crippen molar-refractivity contribution in [2.24, 2.45) is 46.3 Å². The van der Waals surface area contributed by atoms with Gasteiger partial charge in [-0.25, -0.2) is 0 Å². The van der Waals surface area contributed by atoms with E-state index in [4.69, 9.17) is 0 Å². The summed E-state index contributed by atoms with van der Waals surface area (Å²) in [4.78, 5) is 0. The summed E-state index contributed by atoms with van der Waals surface area (Å²) < 4.78 is 0. The predicted octanol–water partition coefficient (Wildman–Crippen LogP) is 8.47. The summed E-state index contributed by atoms with van der Waals surface area (Å²) in [6.07, 6.45) is 19.6. The summed E-state index contributed by atoms with van der Waals surface area (Å²) in [6.45, 7) is 12.2. The van der Waals surface area contributed by atoms with Crippen LogP contribution < -0.4 is 0 Å². The van der Waals surface area contributed by atoms with Gasteiger partial charge in [0.1, 0.15) is 0 Å². The van der Waals surface area contributed by atoms with E-state index in [-0.39, 0.29) is 0 Å². The zero-order valence-corrected chi connectivity index (χ0v) is 19.8. The minimum Gasteiger partial charge on any atom is -0.516 e. The summed E-state index contributed by atoms with van der Waals surface area (Å²) in [5.74, 6) is 5.11. The van der Waals surface area contributed by atoms with Crippen LogP contribution in [0.5, 0.6) is 0 Å². The number of aliphatic hydroxyl groups excluding tert-OH is 1. The molecule has 1 N–H and O–H groups in total. The average molecular weight is 399 g/mol. The van der Waals surface area contributed by atoms with Gasteiger partial charge in [0.05, 0.1) is 6.26 Å². The molecule has 3 saturated carbocycles. The van der Waals surface area contributed by atoms with Crippen LogP contribution in [-0.4, -0.2) is 5.11 Å². The molecule has 0 aromatic rings. The highest BCUT2D eigenvalue weighted by molar-refractivity contribution is 5.24. The average Bonchev–Trinajstić information content (AvgIpc) is 3.08. The molecule has 164 valence electrons. The van der Waals surface area contributed by atoms with Gasteiger partial charge in [0, 0.05) is 0 Å². The minimum absolute atomic E-state index is 0.511.